The lowest BCUT2D eigenvalue weighted by Crippen LogP contribution is -2.29. The van der Waals surface area contributed by atoms with Crippen molar-refractivity contribution in [3.63, 3.8) is 0 Å². The second-order valence-corrected chi connectivity index (χ2v) is 6.33. The number of aromatic nitrogens is 2. The first-order valence-electron chi connectivity index (χ1n) is 7.78. The van der Waals surface area contributed by atoms with Crippen molar-refractivity contribution in [1.29, 1.82) is 0 Å². The van der Waals surface area contributed by atoms with E-state index in [0.29, 0.717) is 47.6 Å². The number of halogens is 2. The van der Waals surface area contributed by atoms with Gasteiger partial charge in [-0.25, -0.2) is 0 Å². The molecule has 1 aliphatic heterocycles. The fraction of sp³-hybridized carbons (Fsp3) is 0.375. The van der Waals surface area contributed by atoms with Crippen molar-refractivity contribution < 1.29 is 9.53 Å². The summed E-state index contributed by atoms with van der Waals surface area (Å²) < 4.78 is 5.58. The Morgan fingerprint density at radius 1 is 1.38 bits per heavy atom. The Labute approximate surface area is 149 Å². The van der Waals surface area contributed by atoms with Crippen molar-refractivity contribution in [2.45, 2.75) is 19.4 Å². The van der Waals surface area contributed by atoms with E-state index in [1.165, 1.54) is 0 Å². The van der Waals surface area contributed by atoms with Crippen LogP contribution in [0.25, 0.3) is 0 Å². The molecule has 0 atom stereocenters. The Kier molecular flexibility index (Phi) is 5.60. The molecule has 0 bridgehead atoms. The van der Waals surface area contributed by atoms with Gasteiger partial charge in [0, 0.05) is 42.3 Å². The molecule has 1 amide bonds. The average molecular weight is 369 g/mol. The number of H-pyrrole nitrogens is 1. The number of aromatic amines is 1. The average Bonchev–Trinajstić information content (AvgIpc) is 3.00. The molecule has 0 unspecified atom stereocenters. The highest BCUT2D eigenvalue weighted by atomic mass is 35.5. The van der Waals surface area contributed by atoms with Crippen LogP contribution in [0.15, 0.2) is 18.2 Å². The van der Waals surface area contributed by atoms with Crippen molar-refractivity contribution in [2.24, 2.45) is 0 Å². The Morgan fingerprint density at radius 3 is 3.08 bits per heavy atom. The normalized spacial score (nSPS) is 13.4. The van der Waals surface area contributed by atoms with Gasteiger partial charge in [0.15, 0.2) is 5.69 Å². The number of nitrogens with zero attached hydrogens (tertiary/aromatic N) is 1. The summed E-state index contributed by atoms with van der Waals surface area (Å²) in [6.45, 7) is 2.52. The lowest BCUT2D eigenvalue weighted by atomic mass is 10.1. The number of hydrogen-bond acceptors (Lipinski definition) is 4. The molecule has 0 spiro atoms. The lowest BCUT2D eigenvalue weighted by Gasteiger charge is -2.13. The third-order valence-electron chi connectivity index (χ3n) is 3.78. The van der Waals surface area contributed by atoms with Gasteiger partial charge in [0.05, 0.1) is 11.6 Å². The first-order chi connectivity index (χ1) is 11.6. The van der Waals surface area contributed by atoms with Crippen LogP contribution in [0.2, 0.25) is 10.0 Å². The zero-order valence-electron chi connectivity index (χ0n) is 13.0. The van der Waals surface area contributed by atoms with E-state index in [2.05, 4.69) is 20.8 Å². The predicted octanol–water partition coefficient (Wildman–Crippen LogP) is 2.56. The van der Waals surface area contributed by atoms with E-state index in [1.807, 2.05) is 0 Å². The SMILES string of the molecule is O=C(NCCCOc1ccc(Cl)cc1Cl)c1n[nH]c2c1CNCC2. The van der Waals surface area contributed by atoms with Crippen molar-refractivity contribution in [3.8, 4) is 5.75 Å². The molecule has 0 saturated carbocycles. The minimum Gasteiger partial charge on any atom is -0.492 e. The van der Waals surface area contributed by atoms with Gasteiger partial charge in [-0.15, -0.1) is 0 Å². The van der Waals surface area contributed by atoms with Gasteiger partial charge in [-0.3, -0.25) is 9.89 Å². The molecule has 1 aromatic carbocycles. The van der Waals surface area contributed by atoms with Crippen LogP contribution in [0, 0.1) is 0 Å². The van der Waals surface area contributed by atoms with E-state index in [0.717, 1.165) is 24.2 Å². The maximum Gasteiger partial charge on any atom is 0.272 e. The van der Waals surface area contributed by atoms with E-state index >= 15 is 0 Å². The Morgan fingerprint density at radius 2 is 2.25 bits per heavy atom. The van der Waals surface area contributed by atoms with E-state index in [1.54, 1.807) is 18.2 Å². The zero-order valence-corrected chi connectivity index (χ0v) is 14.5. The quantitative estimate of drug-likeness (QED) is 0.684. The van der Waals surface area contributed by atoms with Crippen molar-refractivity contribution in [3.05, 3.63) is 45.2 Å². The molecule has 0 saturated heterocycles. The van der Waals surface area contributed by atoms with Crippen LogP contribution in [0.3, 0.4) is 0 Å². The first-order valence-corrected chi connectivity index (χ1v) is 8.53. The standard InChI is InChI=1S/C16H18Cl2N4O2/c17-10-2-3-14(12(18)8-10)24-7-1-5-20-16(23)15-11-9-19-6-4-13(11)21-22-15/h2-3,8,19H,1,4-7,9H2,(H,20,23)(H,21,22). The Bertz CT molecular complexity index is 733. The fourth-order valence-electron chi connectivity index (χ4n) is 2.55. The minimum absolute atomic E-state index is 0.166. The third-order valence-corrected chi connectivity index (χ3v) is 4.31. The van der Waals surface area contributed by atoms with Crippen molar-refractivity contribution in [1.82, 2.24) is 20.8 Å². The number of carbonyl (C=O) groups excluding carboxylic acids is 1. The highest BCUT2D eigenvalue weighted by Gasteiger charge is 2.21. The number of nitrogens with one attached hydrogen (secondary N) is 3. The molecule has 0 radical (unpaired) electrons. The molecule has 24 heavy (non-hydrogen) atoms. The second kappa shape index (κ2) is 7.88. The van der Waals surface area contributed by atoms with E-state index in [9.17, 15) is 4.79 Å². The summed E-state index contributed by atoms with van der Waals surface area (Å²) in [6, 6.07) is 5.08. The number of fused-ring (bicyclic) bond motifs is 1. The van der Waals surface area contributed by atoms with Gasteiger partial charge in [-0.05, 0) is 24.6 Å². The van der Waals surface area contributed by atoms with Gasteiger partial charge in [-0.2, -0.15) is 5.10 Å². The summed E-state index contributed by atoms with van der Waals surface area (Å²) in [6.07, 6.45) is 1.53. The molecule has 0 fully saturated rings. The fourth-order valence-corrected chi connectivity index (χ4v) is 3.01. The van der Waals surface area contributed by atoms with Crippen LogP contribution in [0.4, 0.5) is 0 Å². The molecule has 3 rings (SSSR count). The van der Waals surface area contributed by atoms with E-state index in [-0.39, 0.29) is 5.91 Å². The predicted molar refractivity (Wildman–Crippen MR) is 92.9 cm³/mol. The molecule has 8 heteroatoms. The van der Waals surface area contributed by atoms with Crippen LogP contribution < -0.4 is 15.4 Å². The molecule has 1 aliphatic rings. The minimum atomic E-state index is -0.166. The van der Waals surface area contributed by atoms with E-state index < -0.39 is 0 Å². The molecular formula is C16H18Cl2N4O2. The Hall–Kier alpha value is -1.76. The van der Waals surface area contributed by atoms with Gasteiger partial charge < -0.3 is 15.4 Å². The lowest BCUT2D eigenvalue weighted by molar-refractivity contribution is 0.0945. The molecule has 1 aromatic heterocycles. The summed E-state index contributed by atoms with van der Waals surface area (Å²) in [4.78, 5) is 12.2. The molecule has 3 N–H and O–H groups in total. The number of ether oxygens (including phenoxy) is 1. The first kappa shape index (κ1) is 17.1. The summed E-state index contributed by atoms with van der Waals surface area (Å²) in [5.74, 6) is 0.417. The topological polar surface area (TPSA) is 79.0 Å². The van der Waals surface area contributed by atoms with Crippen LogP contribution in [-0.4, -0.2) is 35.8 Å². The van der Waals surface area contributed by atoms with Gasteiger partial charge in [-0.1, -0.05) is 23.2 Å². The molecular weight excluding hydrogens is 351 g/mol. The van der Waals surface area contributed by atoms with Crippen LogP contribution in [0.1, 0.15) is 28.2 Å². The van der Waals surface area contributed by atoms with Crippen LogP contribution in [0.5, 0.6) is 5.75 Å². The molecule has 128 valence electrons. The largest absolute Gasteiger partial charge is 0.492 e. The number of carbonyl (C=O) groups is 1. The number of rotatable bonds is 6. The maximum absolute atomic E-state index is 12.2. The Balaban J connectivity index is 1.43. The van der Waals surface area contributed by atoms with Gasteiger partial charge in [0.25, 0.3) is 5.91 Å². The maximum atomic E-state index is 12.2. The number of benzene rings is 1. The third kappa shape index (κ3) is 4.01. The summed E-state index contributed by atoms with van der Waals surface area (Å²) in [7, 11) is 0. The van der Waals surface area contributed by atoms with Crippen LogP contribution >= 0.6 is 23.2 Å². The van der Waals surface area contributed by atoms with Gasteiger partial charge in [0.2, 0.25) is 0 Å². The van der Waals surface area contributed by atoms with Crippen LogP contribution in [-0.2, 0) is 13.0 Å². The molecule has 0 aliphatic carbocycles. The number of amides is 1. The highest BCUT2D eigenvalue weighted by molar-refractivity contribution is 6.35. The molecule has 6 nitrogen and oxygen atoms in total. The summed E-state index contributed by atoms with van der Waals surface area (Å²) >= 11 is 11.9. The molecule has 2 aromatic rings. The highest BCUT2D eigenvalue weighted by Crippen LogP contribution is 2.27. The number of hydrogen-bond donors (Lipinski definition) is 3. The molecule has 2 heterocycles. The zero-order chi connectivity index (χ0) is 16.9. The summed E-state index contributed by atoms with van der Waals surface area (Å²) in [5, 5.41) is 14.2. The monoisotopic (exact) mass is 368 g/mol. The van der Waals surface area contributed by atoms with Gasteiger partial charge in [0.1, 0.15) is 5.75 Å². The smallest absolute Gasteiger partial charge is 0.272 e. The van der Waals surface area contributed by atoms with Gasteiger partial charge >= 0.3 is 0 Å². The summed E-state index contributed by atoms with van der Waals surface area (Å²) in [5.41, 5.74) is 2.47. The van der Waals surface area contributed by atoms with Crippen molar-refractivity contribution in [2.75, 3.05) is 19.7 Å². The van der Waals surface area contributed by atoms with Crippen molar-refractivity contribution >= 4 is 29.1 Å². The van der Waals surface area contributed by atoms with E-state index in [4.69, 9.17) is 27.9 Å². The second-order valence-electron chi connectivity index (χ2n) is 5.49.